The minimum Gasteiger partial charge on any atom is -0.478 e. The lowest BCUT2D eigenvalue weighted by Gasteiger charge is -2.24. The fourth-order valence-corrected chi connectivity index (χ4v) is 5.55. The number of carbonyl (C=O) groups excluding carboxylic acids is 1. The standard InChI is InChI=1S/C24H22N2O5S2/c1-3-6-16-19(23(30)31-4-2)20(17-7-5-12-32-17)26-21(27)18(33-24(26)25-16)13-14-8-10-15(11-9-14)22(28)29/h5,7-13,20H,3-4,6H2,1-2H3,(H,28,29)/b18-13-/t20-/m0/s1. The molecule has 33 heavy (non-hydrogen) atoms. The van der Waals surface area contributed by atoms with Crippen LogP contribution < -0.4 is 14.9 Å². The largest absolute Gasteiger partial charge is 0.478 e. The highest BCUT2D eigenvalue weighted by Gasteiger charge is 2.34. The van der Waals surface area contributed by atoms with Crippen LogP contribution in [0.5, 0.6) is 0 Å². The number of nitrogens with zero attached hydrogens (tertiary/aromatic N) is 2. The zero-order valence-corrected chi connectivity index (χ0v) is 19.7. The molecule has 0 unspecified atom stereocenters. The molecule has 0 amide bonds. The zero-order chi connectivity index (χ0) is 23.5. The van der Waals surface area contributed by atoms with E-state index in [0.717, 1.165) is 11.3 Å². The van der Waals surface area contributed by atoms with Gasteiger partial charge in [-0.3, -0.25) is 9.36 Å². The summed E-state index contributed by atoms with van der Waals surface area (Å²) in [5.74, 6) is -1.46. The van der Waals surface area contributed by atoms with E-state index in [1.807, 2.05) is 24.4 Å². The maximum absolute atomic E-state index is 13.5. The average Bonchev–Trinajstić information content (AvgIpc) is 3.42. The number of allylic oxidation sites excluding steroid dienone is 1. The number of rotatable bonds is 7. The molecular formula is C24H22N2O5S2. The summed E-state index contributed by atoms with van der Waals surface area (Å²) >= 11 is 2.73. The molecule has 0 aliphatic carbocycles. The predicted molar refractivity (Wildman–Crippen MR) is 127 cm³/mol. The Morgan fingerprint density at radius 3 is 2.58 bits per heavy atom. The number of ether oxygens (including phenoxy) is 1. The van der Waals surface area contributed by atoms with Crippen LogP contribution in [0.2, 0.25) is 0 Å². The van der Waals surface area contributed by atoms with Gasteiger partial charge in [-0.25, -0.2) is 14.6 Å². The highest BCUT2D eigenvalue weighted by Crippen LogP contribution is 2.34. The van der Waals surface area contributed by atoms with Crippen LogP contribution in [0.15, 0.2) is 62.8 Å². The number of benzene rings is 1. The van der Waals surface area contributed by atoms with Gasteiger partial charge in [-0.05, 0) is 48.6 Å². The maximum atomic E-state index is 13.5. The molecule has 1 aliphatic heterocycles. The number of carbonyl (C=O) groups is 2. The third-order valence-electron chi connectivity index (χ3n) is 5.16. The summed E-state index contributed by atoms with van der Waals surface area (Å²) in [6.45, 7) is 4.00. The second kappa shape index (κ2) is 9.68. The van der Waals surface area contributed by atoms with E-state index in [0.29, 0.717) is 32.6 Å². The van der Waals surface area contributed by atoms with Crippen LogP contribution in [0.1, 0.15) is 53.5 Å². The second-order valence-corrected chi connectivity index (χ2v) is 9.34. The number of esters is 1. The van der Waals surface area contributed by atoms with Gasteiger partial charge in [0.15, 0.2) is 4.80 Å². The Labute approximate surface area is 197 Å². The number of fused-ring (bicyclic) bond motifs is 1. The van der Waals surface area contributed by atoms with Crippen molar-refractivity contribution < 1.29 is 19.4 Å². The monoisotopic (exact) mass is 482 g/mol. The first-order valence-electron chi connectivity index (χ1n) is 10.5. The van der Waals surface area contributed by atoms with Gasteiger partial charge in [0.05, 0.1) is 28.0 Å². The molecule has 0 fully saturated rings. The van der Waals surface area contributed by atoms with Crippen molar-refractivity contribution in [2.75, 3.05) is 6.61 Å². The van der Waals surface area contributed by atoms with Crippen LogP contribution in [0.3, 0.4) is 0 Å². The first kappa shape index (κ1) is 22.9. The predicted octanol–water partition coefficient (Wildman–Crippen LogP) is 3.34. The van der Waals surface area contributed by atoms with E-state index in [2.05, 4.69) is 0 Å². The zero-order valence-electron chi connectivity index (χ0n) is 18.1. The van der Waals surface area contributed by atoms with Gasteiger partial charge in [0.1, 0.15) is 6.04 Å². The molecule has 1 aliphatic rings. The summed E-state index contributed by atoms with van der Waals surface area (Å²) in [5, 5.41) is 11.0. The first-order valence-corrected chi connectivity index (χ1v) is 12.2. The number of hydrogen-bond acceptors (Lipinski definition) is 7. The van der Waals surface area contributed by atoms with Gasteiger partial charge in [-0.15, -0.1) is 11.3 Å². The van der Waals surface area contributed by atoms with Crippen molar-refractivity contribution >= 4 is 40.7 Å². The van der Waals surface area contributed by atoms with Crippen molar-refractivity contribution in [3.63, 3.8) is 0 Å². The minimum atomic E-state index is -1.01. The van der Waals surface area contributed by atoms with Crippen LogP contribution in [-0.4, -0.2) is 28.2 Å². The lowest BCUT2D eigenvalue weighted by molar-refractivity contribution is -0.139. The van der Waals surface area contributed by atoms with Crippen LogP contribution in [-0.2, 0) is 9.53 Å². The van der Waals surface area contributed by atoms with Crippen molar-refractivity contribution in [1.82, 2.24) is 4.57 Å². The molecule has 2 aromatic heterocycles. The van der Waals surface area contributed by atoms with Gasteiger partial charge >= 0.3 is 11.9 Å². The molecule has 0 saturated heterocycles. The Morgan fingerprint density at radius 2 is 1.97 bits per heavy atom. The van der Waals surface area contributed by atoms with E-state index < -0.39 is 18.0 Å². The lowest BCUT2D eigenvalue weighted by atomic mass is 9.99. The van der Waals surface area contributed by atoms with Crippen molar-refractivity contribution in [1.29, 1.82) is 0 Å². The van der Waals surface area contributed by atoms with E-state index in [-0.39, 0.29) is 17.7 Å². The summed E-state index contributed by atoms with van der Waals surface area (Å²) < 4.78 is 7.38. The number of thiophene rings is 1. The van der Waals surface area contributed by atoms with Crippen LogP contribution in [0.4, 0.5) is 0 Å². The SMILES string of the molecule is CCCC1=C(C(=O)OCC)[C@H](c2cccs2)n2c(s/c(=C\c3ccc(C(=O)O)cc3)c2=O)=N1. The molecule has 3 heterocycles. The van der Waals surface area contributed by atoms with Gasteiger partial charge in [0, 0.05) is 4.88 Å². The summed E-state index contributed by atoms with van der Waals surface area (Å²) in [5.41, 5.74) is 1.68. The number of carboxylic acids is 1. The fourth-order valence-electron chi connectivity index (χ4n) is 3.71. The number of hydrogen-bond donors (Lipinski definition) is 1. The van der Waals surface area contributed by atoms with Gasteiger partial charge in [-0.2, -0.15) is 0 Å². The molecule has 9 heteroatoms. The first-order chi connectivity index (χ1) is 15.9. The molecule has 1 N–H and O–H groups in total. The lowest BCUT2D eigenvalue weighted by Crippen LogP contribution is -2.39. The van der Waals surface area contributed by atoms with Crippen molar-refractivity contribution in [3.8, 4) is 0 Å². The van der Waals surface area contributed by atoms with Crippen LogP contribution >= 0.6 is 22.7 Å². The Morgan fingerprint density at radius 1 is 1.21 bits per heavy atom. The summed E-state index contributed by atoms with van der Waals surface area (Å²) in [7, 11) is 0. The molecule has 1 atom stereocenters. The van der Waals surface area contributed by atoms with Crippen molar-refractivity contribution in [2.45, 2.75) is 32.7 Å². The highest BCUT2D eigenvalue weighted by molar-refractivity contribution is 7.10. The normalized spacial score (nSPS) is 15.8. The molecule has 7 nitrogen and oxygen atoms in total. The Kier molecular flexibility index (Phi) is 6.71. The molecule has 170 valence electrons. The quantitative estimate of drug-likeness (QED) is 0.521. The summed E-state index contributed by atoms with van der Waals surface area (Å²) in [6.07, 6.45) is 3.11. The van der Waals surface area contributed by atoms with Crippen LogP contribution in [0.25, 0.3) is 6.08 Å². The highest BCUT2D eigenvalue weighted by atomic mass is 32.1. The number of aromatic nitrogens is 1. The molecule has 0 bridgehead atoms. The number of carboxylic acid groups (broad SMARTS) is 1. The number of thiazole rings is 1. The molecule has 0 spiro atoms. The molecular weight excluding hydrogens is 460 g/mol. The average molecular weight is 483 g/mol. The van der Waals surface area contributed by atoms with Crippen LogP contribution in [0, 0.1) is 0 Å². The Hall–Kier alpha value is -3.30. The summed E-state index contributed by atoms with van der Waals surface area (Å²) in [6, 6.07) is 9.51. The van der Waals surface area contributed by atoms with Gasteiger partial charge in [-0.1, -0.05) is 42.9 Å². The second-order valence-electron chi connectivity index (χ2n) is 7.36. The smallest absolute Gasteiger partial charge is 0.338 e. The van der Waals surface area contributed by atoms with Gasteiger partial charge in [0.25, 0.3) is 5.56 Å². The Balaban J connectivity index is 1.92. The van der Waals surface area contributed by atoms with E-state index in [9.17, 15) is 14.4 Å². The minimum absolute atomic E-state index is 0.176. The number of aromatic carboxylic acids is 1. The molecule has 3 aromatic rings. The van der Waals surface area contributed by atoms with Crippen molar-refractivity contribution in [2.24, 2.45) is 4.99 Å². The molecule has 0 radical (unpaired) electrons. The van der Waals surface area contributed by atoms with Gasteiger partial charge < -0.3 is 9.84 Å². The fraction of sp³-hybridized carbons (Fsp3) is 0.250. The third-order valence-corrected chi connectivity index (χ3v) is 7.07. The van der Waals surface area contributed by atoms with E-state index >= 15 is 0 Å². The van der Waals surface area contributed by atoms with E-state index in [1.165, 1.54) is 34.8 Å². The topological polar surface area (TPSA) is 98.0 Å². The van der Waals surface area contributed by atoms with Gasteiger partial charge in [0.2, 0.25) is 0 Å². The molecule has 4 rings (SSSR count). The third kappa shape index (κ3) is 4.46. The molecule has 0 saturated carbocycles. The van der Waals surface area contributed by atoms with E-state index in [4.69, 9.17) is 14.8 Å². The molecule has 1 aromatic carbocycles. The maximum Gasteiger partial charge on any atom is 0.338 e. The van der Waals surface area contributed by atoms with Crippen molar-refractivity contribution in [3.05, 3.63) is 88.7 Å². The van der Waals surface area contributed by atoms with E-state index in [1.54, 1.807) is 29.7 Å². The summed E-state index contributed by atoms with van der Waals surface area (Å²) in [4.78, 5) is 43.7. The Bertz CT molecular complexity index is 1400.